The second-order valence-electron chi connectivity index (χ2n) is 6.31. The van der Waals surface area contributed by atoms with Crippen molar-refractivity contribution in [3.8, 4) is 5.69 Å². The molecule has 0 atom stereocenters. The molecular formula is C20H18ClFN4O. The molecule has 1 amide bonds. The highest BCUT2D eigenvalue weighted by atomic mass is 35.5. The van der Waals surface area contributed by atoms with Crippen molar-refractivity contribution < 1.29 is 9.18 Å². The van der Waals surface area contributed by atoms with E-state index in [9.17, 15) is 9.18 Å². The first-order chi connectivity index (χ1) is 13.1. The fourth-order valence-electron chi connectivity index (χ4n) is 3.28. The smallest absolute Gasteiger partial charge is 0.255 e. The first kappa shape index (κ1) is 17.5. The summed E-state index contributed by atoms with van der Waals surface area (Å²) in [6.07, 6.45) is 3.40. The number of hydrogen-bond donors (Lipinski definition) is 0. The summed E-state index contributed by atoms with van der Waals surface area (Å²) in [7, 11) is 0. The first-order valence-electron chi connectivity index (χ1n) is 8.72. The van der Waals surface area contributed by atoms with Crippen LogP contribution in [0.2, 0.25) is 5.02 Å². The molecule has 0 saturated carbocycles. The van der Waals surface area contributed by atoms with Gasteiger partial charge in [0.15, 0.2) is 0 Å². The Hall–Kier alpha value is -2.86. The van der Waals surface area contributed by atoms with Crippen LogP contribution in [0.3, 0.4) is 0 Å². The number of amides is 1. The van der Waals surface area contributed by atoms with Gasteiger partial charge in [-0.25, -0.2) is 9.37 Å². The highest BCUT2D eigenvalue weighted by Gasteiger charge is 2.25. The van der Waals surface area contributed by atoms with E-state index >= 15 is 0 Å². The van der Waals surface area contributed by atoms with Crippen LogP contribution in [0, 0.1) is 5.82 Å². The van der Waals surface area contributed by atoms with Crippen molar-refractivity contribution in [1.29, 1.82) is 0 Å². The van der Waals surface area contributed by atoms with Crippen LogP contribution in [0.15, 0.2) is 60.9 Å². The molecule has 1 saturated heterocycles. The van der Waals surface area contributed by atoms with E-state index in [4.69, 9.17) is 11.6 Å². The molecule has 1 aliphatic rings. The van der Waals surface area contributed by atoms with E-state index in [1.54, 1.807) is 64.3 Å². The van der Waals surface area contributed by atoms with E-state index in [1.165, 1.54) is 6.07 Å². The number of rotatable bonds is 3. The van der Waals surface area contributed by atoms with E-state index in [-0.39, 0.29) is 11.7 Å². The van der Waals surface area contributed by atoms with E-state index in [0.29, 0.717) is 48.4 Å². The van der Waals surface area contributed by atoms with Gasteiger partial charge in [0.1, 0.15) is 5.82 Å². The maximum Gasteiger partial charge on any atom is 0.255 e. The van der Waals surface area contributed by atoms with Crippen LogP contribution in [-0.2, 0) is 0 Å². The summed E-state index contributed by atoms with van der Waals surface area (Å²) >= 11 is 6.14. The molecule has 27 heavy (non-hydrogen) atoms. The second kappa shape index (κ2) is 7.40. The molecule has 0 spiro atoms. The maximum atomic E-state index is 14.2. The second-order valence-corrected chi connectivity index (χ2v) is 6.71. The zero-order valence-corrected chi connectivity index (χ0v) is 15.3. The lowest BCUT2D eigenvalue weighted by molar-refractivity contribution is 0.0746. The predicted molar refractivity (Wildman–Crippen MR) is 103 cm³/mol. The highest BCUT2D eigenvalue weighted by molar-refractivity contribution is 6.33. The predicted octanol–water partition coefficient (Wildman–Crippen LogP) is 3.63. The normalized spacial score (nSPS) is 14.4. The van der Waals surface area contributed by atoms with Gasteiger partial charge < -0.3 is 9.80 Å². The molecule has 0 aliphatic carbocycles. The average Bonchev–Trinajstić information content (AvgIpc) is 3.18. The number of piperazine rings is 1. The lowest BCUT2D eigenvalue weighted by Crippen LogP contribution is -2.49. The summed E-state index contributed by atoms with van der Waals surface area (Å²) < 4.78 is 15.9. The standard InChI is InChI=1S/C20H18ClFN4O/c21-16-6-2-1-5-15(16)19(27)24-11-13-25(14-12-24)20-23-9-10-26(20)18-8-4-3-7-17(18)22/h1-10H,11-14H2. The number of halogens is 2. The minimum Gasteiger partial charge on any atom is -0.338 e. The Morgan fingerprint density at radius 1 is 1.00 bits per heavy atom. The molecule has 1 aromatic heterocycles. The Balaban J connectivity index is 1.50. The van der Waals surface area contributed by atoms with Gasteiger partial charge in [0.25, 0.3) is 5.91 Å². The average molecular weight is 385 g/mol. The molecule has 1 fully saturated rings. The van der Waals surface area contributed by atoms with Gasteiger partial charge in [-0.05, 0) is 24.3 Å². The molecule has 0 unspecified atom stereocenters. The molecule has 0 radical (unpaired) electrons. The fourth-order valence-corrected chi connectivity index (χ4v) is 3.50. The fraction of sp³-hybridized carbons (Fsp3) is 0.200. The maximum absolute atomic E-state index is 14.2. The van der Waals surface area contributed by atoms with Crippen molar-refractivity contribution in [2.24, 2.45) is 0 Å². The van der Waals surface area contributed by atoms with Crippen LogP contribution in [-0.4, -0.2) is 46.5 Å². The van der Waals surface area contributed by atoms with Crippen molar-refractivity contribution in [3.63, 3.8) is 0 Å². The molecule has 7 heteroatoms. The van der Waals surface area contributed by atoms with Crippen LogP contribution in [0.4, 0.5) is 10.3 Å². The summed E-state index contributed by atoms with van der Waals surface area (Å²) in [5.74, 6) is 0.298. The van der Waals surface area contributed by atoms with Crippen molar-refractivity contribution in [3.05, 3.63) is 77.3 Å². The van der Waals surface area contributed by atoms with Gasteiger partial charge in [-0.2, -0.15) is 0 Å². The molecule has 0 N–H and O–H groups in total. The zero-order chi connectivity index (χ0) is 18.8. The minimum absolute atomic E-state index is 0.0716. The van der Waals surface area contributed by atoms with E-state index in [1.807, 2.05) is 0 Å². The van der Waals surface area contributed by atoms with Gasteiger partial charge in [-0.15, -0.1) is 0 Å². The quantitative estimate of drug-likeness (QED) is 0.692. The molecule has 0 bridgehead atoms. The topological polar surface area (TPSA) is 41.4 Å². The van der Waals surface area contributed by atoms with Gasteiger partial charge in [0.05, 0.1) is 16.3 Å². The van der Waals surface area contributed by atoms with E-state index in [2.05, 4.69) is 9.88 Å². The van der Waals surface area contributed by atoms with Crippen LogP contribution >= 0.6 is 11.6 Å². The SMILES string of the molecule is O=C(c1ccccc1Cl)N1CCN(c2nccn2-c2ccccc2F)CC1. The number of para-hydroxylation sites is 1. The van der Waals surface area contributed by atoms with Crippen molar-refractivity contribution in [2.75, 3.05) is 31.1 Å². The zero-order valence-electron chi connectivity index (χ0n) is 14.6. The van der Waals surface area contributed by atoms with E-state index < -0.39 is 0 Å². The molecule has 5 nitrogen and oxygen atoms in total. The Morgan fingerprint density at radius 2 is 1.70 bits per heavy atom. The third-order valence-electron chi connectivity index (χ3n) is 4.69. The van der Waals surface area contributed by atoms with Gasteiger partial charge in [0, 0.05) is 38.6 Å². The summed E-state index contributed by atoms with van der Waals surface area (Å²) in [5.41, 5.74) is 0.972. The van der Waals surface area contributed by atoms with Gasteiger partial charge in [-0.1, -0.05) is 35.9 Å². The molecule has 1 aliphatic heterocycles. The lowest BCUT2D eigenvalue weighted by atomic mass is 10.2. The highest BCUT2D eigenvalue weighted by Crippen LogP contribution is 2.23. The third-order valence-corrected chi connectivity index (χ3v) is 5.02. The van der Waals surface area contributed by atoms with Crippen LogP contribution in [0.25, 0.3) is 5.69 Å². The number of carbonyl (C=O) groups is 1. The Labute approximate surface area is 161 Å². The lowest BCUT2D eigenvalue weighted by Gasteiger charge is -2.35. The number of hydrogen-bond acceptors (Lipinski definition) is 3. The van der Waals surface area contributed by atoms with Crippen LogP contribution < -0.4 is 4.90 Å². The monoisotopic (exact) mass is 384 g/mol. The molecular weight excluding hydrogens is 367 g/mol. The van der Waals surface area contributed by atoms with Gasteiger partial charge in [-0.3, -0.25) is 9.36 Å². The number of nitrogens with zero attached hydrogens (tertiary/aromatic N) is 4. The molecule has 3 aromatic rings. The van der Waals surface area contributed by atoms with E-state index in [0.717, 1.165) is 0 Å². The van der Waals surface area contributed by atoms with Crippen molar-refractivity contribution >= 4 is 23.5 Å². The Bertz CT molecular complexity index is 966. The largest absolute Gasteiger partial charge is 0.338 e. The molecule has 138 valence electrons. The summed E-state index contributed by atoms with van der Waals surface area (Å²) in [6.45, 7) is 2.33. The first-order valence-corrected chi connectivity index (χ1v) is 9.10. The number of benzene rings is 2. The third kappa shape index (κ3) is 3.40. The minimum atomic E-state index is -0.302. The molecule has 4 rings (SSSR count). The molecule has 2 aromatic carbocycles. The van der Waals surface area contributed by atoms with Crippen molar-refractivity contribution in [2.45, 2.75) is 0 Å². The summed E-state index contributed by atoms with van der Waals surface area (Å²) in [6, 6.07) is 13.7. The number of imidazole rings is 1. The van der Waals surface area contributed by atoms with Gasteiger partial charge >= 0.3 is 0 Å². The Morgan fingerprint density at radius 3 is 2.44 bits per heavy atom. The summed E-state index contributed by atoms with van der Waals surface area (Å²) in [4.78, 5) is 20.9. The van der Waals surface area contributed by atoms with Crippen molar-refractivity contribution in [1.82, 2.24) is 14.5 Å². The van der Waals surface area contributed by atoms with Crippen LogP contribution in [0.1, 0.15) is 10.4 Å². The Kier molecular flexibility index (Phi) is 4.81. The summed E-state index contributed by atoms with van der Waals surface area (Å²) in [5, 5.41) is 0.458. The number of anilines is 1. The number of aromatic nitrogens is 2. The number of carbonyl (C=O) groups excluding carboxylic acids is 1. The molecule has 2 heterocycles. The van der Waals surface area contributed by atoms with Gasteiger partial charge in [0.2, 0.25) is 5.95 Å². The van der Waals surface area contributed by atoms with Crippen LogP contribution in [0.5, 0.6) is 0 Å².